The number of rotatable bonds is 5. The Bertz CT molecular complexity index is 644. The molecule has 0 spiro atoms. The van der Waals surface area contributed by atoms with Gasteiger partial charge in [-0.2, -0.15) is 5.10 Å². The molecule has 1 aromatic heterocycles. The van der Waals surface area contributed by atoms with Gasteiger partial charge in [0.2, 0.25) is 0 Å². The van der Waals surface area contributed by atoms with Crippen LogP contribution < -0.4 is 5.32 Å². The van der Waals surface area contributed by atoms with Crippen molar-refractivity contribution in [2.75, 3.05) is 6.54 Å². The Hall–Kier alpha value is -2.17. The minimum absolute atomic E-state index is 0.153. The molecule has 1 aliphatic rings. The highest BCUT2D eigenvalue weighted by Gasteiger charge is 2.29. The number of nitrogens with zero attached hydrogens (tertiary/aromatic N) is 2. The van der Waals surface area contributed by atoms with E-state index in [1.54, 1.807) is 16.8 Å². The van der Waals surface area contributed by atoms with Crippen molar-refractivity contribution in [3.05, 3.63) is 47.5 Å². The van der Waals surface area contributed by atoms with Gasteiger partial charge in [-0.3, -0.25) is 4.79 Å². The van der Waals surface area contributed by atoms with Crippen LogP contribution in [0.2, 0.25) is 0 Å². The summed E-state index contributed by atoms with van der Waals surface area (Å²) in [6, 6.07) is 8.03. The van der Waals surface area contributed by atoms with Crippen LogP contribution in [0.1, 0.15) is 48.3 Å². The number of aromatic nitrogens is 2. The Morgan fingerprint density at radius 3 is 2.71 bits per heavy atom. The molecule has 3 rings (SSSR count). The van der Waals surface area contributed by atoms with Gasteiger partial charge < -0.3 is 5.32 Å². The lowest BCUT2D eigenvalue weighted by atomic mass is 10.2. The van der Waals surface area contributed by atoms with E-state index in [9.17, 15) is 9.18 Å². The van der Waals surface area contributed by atoms with Crippen LogP contribution in [0.4, 0.5) is 4.39 Å². The van der Waals surface area contributed by atoms with Crippen molar-refractivity contribution in [1.29, 1.82) is 0 Å². The Kier molecular flexibility index (Phi) is 3.73. The van der Waals surface area contributed by atoms with Crippen LogP contribution in [0.5, 0.6) is 0 Å². The van der Waals surface area contributed by atoms with Gasteiger partial charge in [0, 0.05) is 18.2 Å². The molecule has 0 radical (unpaired) electrons. The monoisotopic (exact) mass is 287 g/mol. The summed E-state index contributed by atoms with van der Waals surface area (Å²) in [4.78, 5) is 12.1. The molecule has 110 valence electrons. The van der Waals surface area contributed by atoms with Gasteiger partial charge in [-0.15, -0.1) is 0 Å². The van der Waals surface area contributed by atoms with Gasteiger partial charge >= 0.3 is 0 Å². The SMILES string of the molecule is CCCNC(=O)c1cc(C2CC2)n(-c2ccc(F)cc2)n1. The van der Waals surface area contributed by atoms with E-state index < -0.39 is 0 Å². The molecule has 0 saturated heterocycles. The maximum Gasteiger partial charge on any atom is 0.271 e. The summed E-state index contributed by atoms with van der Waals surface area (Å²) in [5, 5.41) is 7.24. The second-order valence-corrected chi connectivity index (χ2v) is 5.37. The van der Waals surface area contributed by atoms with E-state index in [1.165, 1.54) is 12.1 Å². The van der Waals surface area contributed by atoms with Gasteiger partial charge in [0.15, 0.2) is 5.69 Å². The van der Waals surface area contributed by atoms with Crippen LogP contribution in [0.3, 0.4) is 0 Å². The van der Waals surface area contributed by atoms with Crippen LogP contribution in [-0.2, 0) is 0 Å². The molecular formula is C16H18FN3O. The highest BCUT2D eigenvalue weighted by Crippen LogP contribution is 2.41. The Balaban J connectivity index is 1.93. The molecule has 4 nitrogen and oxygen atoms in total. The Morgan fingerprint density at radius 1 is 1.38 bits per heavy atom. The third kappa shape index (κ3) is 2.96. The summed E-state index contributed by atoms with van der Waals surface area (Å²) >= 11 is 0. The van der Waals surface area contributed by atoms with Crippen molar-refractivity contribution in [3.8, 4) is 5.69 Å². The molecule has 0 unspecified atom stereocenters. The first-order valence-electron chi connectivity index (χ1n) is 7.33. The quantitative estimate of drug-likeness (QED) is 0.919. The number of nitrogens with one attached hydrogen (secondary N) is 1. The summed E-state index contributed by atoms with van der Waals surface area (Å²) in [7, 11) is 0. The smallest absolute Gasteiger partial charge is 0.271 e. The lowest BCUT2D eigenvalue weighted by Crippen LogP contribution is -2.24. The summed E-state index contributed by atoms with van der Waals surface area (Å²) in [5.74, 6) is 0.0229. The third-order valence-corrected chi connectivity index (χ3v) is 3.57. The summed E-state index contributed by atoms with van der Waals surface area (Å²) in [6.07, 6.45) is 3.12. The molecule has 1 N–H and O–H groups in total. The molecule has 1 fully saturated rings. The highest BCUT2D eigenvalue weighted by molar-refractivity contribution is 5.92. The molecular weight excluding hydrogens is 269 g/mol. The molecule has 1 aromatic carbocycles. The first-order chi connectivity index (χ1) is 10.2. The second kappa shape index (κ2) is 5.68. The zero-order valence-electron chi connectivity index (χ0n) is 12.0. The summed E-state index contributed by atoms with van der Waals surface area (Å²) < 4.78 is 14.8. The molecule has 0 bridgehead atoms. The molecule has 21 heavy (non-hydrogen) atoms. The second-order valence-electron chi connectivity index (χ2n) is 5.37. The highest BCUT2D eigenvalue weighted by atomic mass is 19.1. The number of carbonyl (C=O) groups excluding carboxylic acids is 1. The van der Waals surface area contributed by atoms with Crippen LogP contribution in [0.25, 0.3) is 5.69 Å². The first-order valence-corrected chi connectivity index (χ1v) is 7.33. The molecule has 2 aromatic rings. The van der Waals surface area contributed by atoms with Crippen molar-refractivity contribution < 1.29 is 9.18 Å². The molecule has 0 aliphatic heterocycles. The fourth-order valence-electron chi connectivity index (χ4n) is 2.29. The van der Waals surface area contributed by atoms with Crippen molar-refractivity contribution >= 4 is 5.91 Å². The third-order valence-electron chi connectivity index (χ3n) is 3.57. The average molecular weight is 287 g/mol. The number of hydrogen-bond donors (Lipinski definition) is 1. The molecule has 1 aliphatic carbocycles. The van der Waals surface area contributed by atoms with Gasteiger partial charge in [-0.1, -0.05) is 6.92 Å². The first kappa shape index (κ1) is 13.8. The zero-order valence-corrected chi connectivity index (χ0v) is 12.0. The van der Waals surface area contributed by atoms with Crippen molar-refractivity contribution in [3.63, 3.8) is 0 Å². The number of hydrogen-bond acceptors (Lipinski definition) is 2. The maximum absolute atomic E-state index is 13.1. The van der Waals surface area contributed by atoms with E-state index in [-0.39, 0.29) is 11.7 Å². The number of halogens is 1. The predicted molar refractivity (Wildman–Crippen MR) is 78.1 cm³/mol. The topological polar surface area (TPSA) is 46.9 Å². The minimum Gasteiger partial charge on any atom is -0.351 e. The van der Waals surface area contributed by atoms with Gasteiger partial charge in [-0.25, -0.2) is 9.07 Å². The van der Waals surface area contributed by atoms with Crippen molar-refractivity contribution in [2.45, 2.75) is 32.1 Å². The van der Waals surface area contributed by atoms with E-state index >= 15 is 0 Å². The number of benzene rings is 1. The van der Waals surface area contributed by atoms with Crippen LogP contribution >= 0.6 is 0 Å². The predicted octanol–water partition coefficient (Wildman–Crippen LogP) is 3.03. The normalized spacial score (nSPS) is 14.2. The van der Waals surface area contributed by atoms with Crippen molar-refractivity contribution in [1.82, 2.24) is 15.1 Å². The zero-order chi connectivity index (χ0) is 14.8. The fraction of sp³-hybridized carbons (Fsp3) is 0.375. The van der Waals surface area contributed by atoms with Gasteiger partial charge in [0.05, 0.1) is 5.69 Å². The van der Waals surface area contributed by atoms with E-state index in [4.69, 9.17) is 0 Å². The fourth-order valence-corrected chi connectivity index (χ4v) is 2.29. The van der Waals surface area contributed by atoms with E-state index in [1.807, 2.05) is 13.0 Å². The van der Waals surface area contributed by atoms with Crippen molar-refractivity contribution in [2.24, 2.45) is 0 Å². The average Bonchev–Trinajstić information content (AvgIpc) is 3.24. The lowest BCUT2D eigenvalue weighted by molar-refractivity contribution is 0.0948. The van der Waals surface area contributed by atoms with E-state index in [0.29, 0.717) is 18.2 Å². The Labute approximate surface area is 123 Å². The van der Waals surface area contributed by atoms with Gasteiger partial charge in [0.1, 0.15) is 5.82 Å². The van der Waals surface area contributed by atoms with E-state index in [2.05, 4.69) is 10.4 Å². The van der Waals surface area contributed by atoms with Gasteiger partial charge in [-0.05, 0) is 49.6 Å². The van der Waals surface area contributed by atoms with Crippen LogP contribution in [0.15, 0.2) is 30.3 Å². The standard InChI is InChI=1S/C16H18FN3O/c1-2-9-18-16(21)14-10-15(11-3-4-11)20(19-14)13-7-5-12(17)6-8-13/h5-8,10-11H,2-4,9H2,1H3,(H,18,21). The minimum atomic E-state index is -0.278. The molecule has 1 amide bonds. The van der Waals surface area contributed by atoms with Gasteiger partial charge in [0.25, 0.3) is 5.91 Å². The molecule has 1 saturated carbocycles. The largest absolute Gasteiger partial charge is 0.351 e. The van der Waals surface area contributed by atoms with Crippen LogP contribution in [0, 0.1) is 5.82 Å². The van der Waals surface area contributed by atoms with E-state index in [0.717, 1.165) is 30.6 Å². The maximum atomic E-state index is 13.1. The summed E-state index contributed by atoms with van der Waals surface area (Å²) in [5.41, 5.74) is 2.24. The number of carbonyl (C=O) groups is 1. The molecule has 1 heterocycles. The Morgan fingerprint density at radius 2 is 2.10 bits per heavy atom. The lowest BCUT2D eigenvalue weighted by Gasteiger charge is -2.06. The summed E-state index contributed by atoms with van der Waals surface area (Å²) in [6.45, 7) is 2.65. The number of amides is 1. The molecule has 0 atom stereocenters. The molecule has 5 heteroatoms. The van der Waals surface area contributed by atoms with Crippen LogP contribution in [-0.4, -0.2) is 22.2 Å².